The van der Waals surface area contributed by atoms with Crippen molar-refractivity contribution in [1.82, 2.24) is 5.16 Å². The van der Waals surface area contributed by atoms with Gasteiger partial charge in [0.15, 0.2) is 5.58 Å². The van der Waals surface area contributed by atoms with Gasteiger partial charge in [0.1, 0.15) is 5.82 Å². The number of fused-ring (bicyclic) bond motifs is 1. The fraction of sp³-hybridized carbons (Fsp3) is 0.500. The zero-order valence-electron chi connectivity index (χ0n) is 20.0. The molecular weight excluding hydrogens is 419 g/mol. The number of nitrogens with zero attached hydrogens (tertiary/aromatic N) is 4. The lowest BCUT2D eigenvalue weighted by Crippen LogP contribution is -2.55. The molecule has 0 N–H and O–H groups in total. The Balaban J connectivity index is 1.48. The number of benzene rings is 1. The van der Waals surface area contributed by atoms with E-state index < -0.39 is 0 Å². The van der Waals surface area contributed by atoms with E-state index in [9.17, 15) is 9.18 Å². The predicted molar refractivity (Wildman–Crippen MR) is 125 cm³/mol. The Morgan fingerprint density at radius 2 is 1.91 bits per heavy atom. The molecule has 174 valence electrons. The van der Waals surface area contributed by atoms with E-state index in [0.29, 0.717) is 47.4 Å². The summed E-state index contributed by atoms with van der Waals surface area (Å²) in [6.45, 7) is 10.5. The molecule has 33 heavy (non-hydrogen) atoms. The lowest BCUT2D eigenvalue weighted by molar-refractivity contribution is -0.892. The third kappa shape index (κ3) is 4.06. The van der Waals surface area contributed by atoms with Gasteiger partial charge in [-0.1, -0.05) is 19.0 Å². The summed E-state index contributed by atoms with van der Waals surface area (Å²) < 4.78 is 19.1. The first kappa shape index (κ1) is 23.8. The van der Waals surface area contributed by atoms with Gasteiger partial charge in [0.2, 0.25) is 19.9 Å². The molecule has 1 atom stereocenters. The van der Waals surface area contributed by atoms with Crippen molar-refractivity contribution in [3.63, 3.8) is 0 Å². The van der Waals surface area contributed by atoms with Gasteiger partial charge in [0.05, 0.1) is 43.1 Å². The van der Waals surface area contributed by atoms with Crippen LogP contribution in [-0.2, 0) is 10.2 Å². The first-order valence-corrected chi connectivity index (χ1v) is 11.7. The summed E-state index contributed by atoms with van der Waals surface area (Å²) in [5, 5.41) is 5.14. The summed E-state index contributed by atoms with van der Waals surface area (Å²) in [5.41, 5.74) is 2.55. The van der Waals surface area contributed by atoms with Crippen LogP contribution in [0.5, 0.6) is 0 Å². The van der Waals surface area contributed by atoms with Crippen LogP contribution in [0.4, 0.5) is 4.39 Å². The van der Waals surface area contributed by atoms with Crippen molar-refractivity contribution in [3.8, 4) is 0 Å². The number of amidine groups is 1. The van der Waals surface area contributed by atoms with Crippen molar-refractivity contribution in [2.24, 2.45) is 4.99 Å². The zero-order valence-corrected chi connectivity index (χ0v) is 20.0. The monoisotopic (exact) mass is 452 g/mol. The highest BCUT2D eigenvalue weighted by Crippen LogP contribution is 2.40. The van der Waals surface area contributed by atoms with E-state index in [1.807, 2.05) is 20.8 Å². The van der Waals surface area contributed by atoms with E-state index in [1.165, 1.54) is 12.1 Å². The molecule has 7 heteroatoms. The Morgan fingerprint density at radius 1 is 1.21 bits per heavy atom. The summed E-state index contributed by atoms with van der Waals surface area (Å²) in [4.78, 5) is 17.9. The molecule has 2 aromatic rings. The smallest absolute Gasteiger partial charge is 0.350 e. The molecular formula is C26H33FN4O2+2. The Hall–Kier alpha value is -2.38. The van der Waals surface area contributed by atoms with Gasteiger partial charge in [-0.25, -0.2) is 14.2 Å². The summed E-state index contributed by atoms with van der Waals surface area (Å²) in [6.07, 6.45) is 2.82. The molecule has 4 rings (SSSR count). The topological polar surface area (TPSA) is 55.5 Å². The number of hydrogen-bond donors (Lipinski definition) is 0. The van der Waals surface area contributed by atoms with E-state index in [1.54, 1.807) is 6.07 Å². The van der Waals surface area contributed by atoms with E-state index >= 15 is 0 Å². The molecule has 4 radical (unpaired) electrons. The van der Waals surface area contributed by atoms with Gasteiger partial charge < -0.3 is 9.01 Å². The molecule has 1 aromatic heterocycles. The summed E-state index contributed by atoms with van der Waals surface area (Å²) in [5.74, 6) is 0.294. The summed E-state index contributed by atoms with van der Waals surface area (Å²) >= 11 is 0. The Bertz CT molecular complexity index is 1140. The maximum absolute atomic E-state index is 13.5. The fourth-order valence-electron chi connectivity index (χ4n) is 5.16. The molecule has 1 aromatic carbocycles. The van der Waals surface area contributed by atoms with Crippen molar-refractivity contribution >= 4 is 22.7 Å². The third-order valence-electron chi connectivity index (χ3n) is 7.66. The van der Waals surface area contributed by atoms with E-state index in [0.717, 1.165) is 42.7 Å². The second-order valence-electron chi connectivity index (χ2n) is 9.81. The van der Waals surface area contributed by atoms with Crippen molar-refractivity contribution in [2.45, 2.75) is 58.8 Å². The number of quaternary nitrogens is 2. The second kappa shape index (κ2) is 8.44. The Labute approximate surface area is 195 Å². The standard InChI is InChI=1S/C26H33FN4O2/c1-7-23-28-18(3)20(25(32)31(23,6)8-2)11-14-30(5)15-12-26(4,13-16-30)24-21-10-9-19(27)17-22(21)33-29-24/h5-6,9-10,17H,7-8,11-16H2,1-4H3/q+2. The predicted octanol–water partition coefficient (Wildman–Crippen LogP) is 5.02. The number of aliphatic imine (C=N–C) groups is 1. The van der Waals surface area contributed by atoms with Crippen LogP contribution < -0.4 is 0 Å². The maximum Gasteiger partial charge on any atom is 0.350 e. The largest absolute Gasteiger partial charge is 0.356 e. The van der Waals surface area contributed by atoms with Gasteiger partial charge in [-0.05, 0) is 26.0 Å². The third-order valence-corrected chi connectivity index (χ3v) is 7.66. The van der Waals surface area contributed by atoms with Gasteiger partial charge in [-0.3, -0.25) is 0 Å². The quantitative estimate of drug-likeness (QED) is 0.578. The minimum Gasteiger partial charge on any atom is -0.356 e. The summed E-state index contributed by atoms with van der Waals surface area (Å²) in [7, 11) is 13.2. The van der Waals surface area contributed by atoms with Gasteiger partial charge in [0.25, 0.3) is 0 Å². The van der Waals surface area contributed by atoms with Crippen molar-refractivity contribution in [2.75, 3.05) is 26.2 Å². The van der Waals surface area contributed by atoms with Gasteiger partial charge in [0, 0.05) is 42.6 Å². The maximum atomic E-state index is 13.5. The molecule has 0 spiro atoms. The molecule has 0 bridgehead atoms. The lowest BCUT2D eigenvalue weighted by Gasteiger charge is -2.44. The molecule has 1 saturated heterocycles. The van der Waals surface area contributed by atoms with Crippen LogP contribution in [-0.4, -0.2) is 52.0 Å². The van der Waals surface area contributed by atoms with Crippen LogP contribution in [0.2, 0.25) is 0 Å². The number of amides is 1. The number of carbonyl (C=O) groups excluding carboxylic acids is 1. The van der Waals surface area contributed by atoms with E-state index in [2.05, 4.69) is 17.1 Å². The van der Waals surface area contributed by atoms with Crippen molar-refractivity contribution < 1.29 is 22.7 Å². The highest BCUT2D eigenvalue weighted by atomic mass is 19.1. The second-order valence-corrected chi connectivity index (χ2v) is 9.81. The van der Waals surface area contributed by atoms with Crippen LogP contribution in [0.3, 0.4) is 0 Å². The molecule has 0 saturated carbocycles. The molecule has 2 aliphatic rings. The average molecular weight is 453 g/mol. The lowest BCUT2D eigenvalue weighted by atomic mass is 9.75. The fourth-order valence-corrected chi connectivity index (χ4v) is 5.16. The number of likely N-dealkylation sites (N-methyl/N-ethyl adjacent to an activating group) is 1. The van der Waals surface area contributed by atoms with Crippen LogP contribution in [0.15, 0.2) is 39.0 Å². The normalized spacial score (nSPS) is 30.8. The first-order valence-electron chi connectivity index (χ1n) is 11.7. The van der Waals surface area contributed by atoms with E-state index in [4.69, 9.17) is 18.6 Å². The molecule has 6 nitrogen and oxygen atoms in total. The van der Waals surface area contributed by atoms with Gasteiger partial charge >= 0.3 is 5.91 Å². The van der Waals surface area contributed by atoms with Crippen LogP contribution in [0.25, 0.3) is 11.0 Å². The minimum atomic E-state index is -0.336. The highest BCUT2D eigenvalue weighted by Gasteiger charge is 2.45. The van der Waals surface area contributed by atoms with Gasteiger partial charge in [-0.2, -0.15) is 4.48 Å². The molecule has 2 aliphatic heterocycles. The van der Waals surface area contributed by atoms with Crippen molar-refractivity contribution in [1.29, 1.82) is 0 Å². The number of halogens is 1. The number of rotatable bonds is 6. The zero-order chi connectivity index (χ0) is 24.0. The minimum absolute atomic E-state index is 0.0726. The number of aromatic nitrogens is 1. The average Bonchev–Trinajstić information content (AvgIpc) is 3.22. The number of carbonyl (C=O) groups is 1. The Kier molecular flexibility index (Phi) is 6.08. The molecule has 1 amide bonds. The number of likely N-dealkylation sites (tertiary alicyclic amines) is 1. The van der Waals surface area contributed by atoms with Crippen LogP contribution in [0.1, 0.15) is 59.1 Å². The molecule has 1 unspecified atom stereocenters. The molecule has 3 heterocycles. The molecule has 1 fully saturated rings. The number of hydrogen-bond acceptors (Lipinski definition) is 4. The van der Waals surface area contributed by atoms with Crippen molar-refractivity contribution in [3.05, 3.63) is 55.1 Å². The number of allylic oxidation sites excluding steroid dienone is 1. The summed E-state index contributed by atoms with van der Waals surface area (Å²) in [6, 6.07) is 4.55. The van der Waals surface area contributed by atoms with Crippen LogP contribution >= 0.6 is 0 Å². The highest BCUT2D eigenvalue weighted by molar-refractivity contribution is 6.00. The van der Waals surface area contributed by atoms with Gasteiger partial charge in [-0.15, -0.1) is 0 Å². The Morgan fingerprint density at radius 3 is 2.55 bits per heavy atom. The number of piperidine rings is 1. The van der Waals surface area contributed by atoms with Crippen LogP contribution in [0, 0.1) is 19.9 Å². The first-order chi connectivity index (χ1) is 15.5. The SMILES string of the molecule is [CH][N+]1(CCC2=C(C)N=C(CC)[N+]([CH])(CC)C2=O)CCC(C)(c2noc3cc(F)ccc23)CC1. The molecule has 0 aliphatic carbocycles. The van der Waals surface area contributed by atoms with E-state index in [-0.39, 0.29) is 21.6 Å².